The first-order valence-corrected chi connectivity index (χ1v) is 7.88. The van der Waals surface area contributed by atoms with Gasteiger partial charge in [0, 0.05) is 32.9 Å². The molecule has 2 N–H and O–H groups in total. The van der Waals surface area contributed by atoms with E-state index in [1.807, 2.05) is 43.3 Å². The highest BCUT2D eigenvalue weighted by Gasteiger charge is 2.25. The summed E-state index contributed by atoms with van der Waals surface area (Å²) in [5.41, 5.74) is 2.02. The molecule has 0 aromatic heterocycles. The molecule has 5 nitrogen and oxygen atoms in total. The Morgan fingerprint density at radius 1 is 1.36 bits per heavy atom. The molecule has 0 spiro atoms. The van der Waals surface area contributed by atoms with Gasteiger partial charge in [0.2, 0.25) is 0 Å². The standard InChI is InChI=1S/C17H26N2O3/c1-18(2)15-7-5-13(6-8-15)16(20)9-11-19-10-3-4-14(12-19)17(21)22/h5-8,14,16,20H,3-4,9-12H2,1-2H3,(H,21,22). The summed E-state index contributed by atoms with van der Waals surface area (Å²) in [5, 5.41) is 19.4. The van der Waals surface area contributed by atoms with Crippen LogP contribution in [-0.4, -0.2) is 54.8 Å². The van der Waals surface area contributed by atoms with Crippen molar-refractivity contribution in [1.29, 1.82) is 0 Å². The van der Waals surface area contributed by atoms with E-state index in [4.69, 9.17) is 5.11 Å². The Hall–Kier alpha value is -1.59. The fourth-order valence-corrected chi connectivity index (χ4v) is 2.93. The average molecular weight is 306 g/mol. The maximum atomic E-state index is 11.1. The number of carbonyl (C=O) groups is 1. The number of aliphatic carboxylic acids is 1. The fourth-order valence-electron chi connectivity index (χ4n) is 2.93. The molecule has 0 amide bonds. The Balaban J connectivity index is 1.84. The molecule has 1 aliphatic rings. The van der Waals surface area contributed by atoms with Gasteiger partial charge in [-0.2, -0.15) is 0 Å². The van der Waals surface area contributed by atoms with Crippen LogP contribution in [0.5, 0.6) is 0 Å². The van der Waals surface area contributed by atoms with Gasteiger partial charge in [-0.25, -0.2) is 0 Å². The lowest BCUT2D eigenvalue weighted by atomic mass is 9.97. The Bertz CT molecular complexity index is 487. The number of aliphatic hydroxyl groups is 1. The number of hydrogen-bond acceptors (Lipinski definition) is 4. The molecule has 0 saturated carbocycles. The van der Waals surface area contributed by atoms with Gasteiger partial charge in [0.1, 0.15) is 0 Å². The number of carboxylic acid groups (broad SMARTS) is 1. The maximum Gasteiger partial charge on any atom is 0.307 e. The van der Waals surface area contributed by atoms with Crippen LogP contribution in [-0.2, 0) is 4.79 Å². The molecule has 1 heterocycles. The minimum absolute atomic E-state index is 0.259. The van der Waals surface area contributed by atoms with E-state index >= 15 is 0 Å². The van der Waals surface area contributed by atoms with Crippen molar-refractivity contribution in [2.24, 2.45) is 5.92 Å². The van der Waals surface area contributed by atoms with Gasteiger partial charge in [-0.1, -0.05) is 12.1 Å². The van der Waals surface area contributed by atoms with Crippen LogP contribution in [0.2, 0.25) is 0 Å². The van der Waals surface area contributed by atoms with Crippen LogP contribution in [0.25, 0.3) is 0 Å². The maximum absolute atomic E-state index is 11.1. The Morgan fingerprint density at radius 2 is 2.05 bits per heavy atom. The van der Waals surface area contributed by atoms with Crippen molar-refractivity contribution in [3.63, 3.8) is 0 Å². The predicted octanol–water partition coefficient (Wildman–Crippen LogP) is 1.97. The lowest BCUT2D eigenvalue weighted by Crippen LogP contribution is -2.39. The van der Waals surface area contributed by atoms with Crippen LogP contribution >= 0.6 is 0 Å². The first kappa shape index (κ1) is 16.8. The van der Waals surface area contributed by atoms with E-state index in [1.54, 1.807) is 0 Å². The highest BCUT2D eigenvalue weighted by atomic mass is 16.4. The fraction of sp³-hybridized carbons (Fsp3) is 0.588. The quantitative estimate of drug-likeness (QED) is 0.841. The second-order valence-corrected chi connectivity index (χ2v) is 6.27. The second kappa shape index (κ2) is 7.61. The lowest BCUT2D eigenvalue weighted by Gasteiger charge is -2.31. The number of rotatable bonds is 6. The van der Waals surface area contributed by atoms with Gasteiger partial charge in [-0.15, -0.1) is 0 Å². The minimum atomic E-state index is -0.704. The SMILES string of the molecule is CN(C)c1ccc(C(O)CCN2CCCC(C(=O)O)C2)cc1. The van der Waals surface area contributed by atoms with Gasteiger partial charge in [0.25, 0.3) is 0 Å². The van der Waals surface area contributed by atoms with Crippen LogP contribution in [0.15, 0.2) is 24.3 Å². The van der Waals surface area contributed by atoms with E-state index in [-0.39, 0.29) is 5.92 Å². The summed E-state index contributed by atoms with van der Waals surface area (Å²) in [7, 11) is 3.97. The highest BCUT2D eigenvalue weighted by Crippen LogP contribution is 2.22. The van der Waals surface area contributed by atoms with Crippen molar-refractivity contribution in [3.05, 3.63) is 29.8 Å². The third-order valence-corrected chi connectivity index (χ3v) is 4.37. The largest absolute Gasteiger partial charge is 0.481 e. The van der Waals surface area contributed by atoms with E-state index in [0.29, 0.717) is 13.0 Å². The molecule has 1 aromatic carbocycles. The topological polar surface area (TPSA) is 64.0 Å². The molecule has 1 saturated heterocycles. The molecule has 122 valence electrons. The van der Waals surface area contributed by atoms with Gasteiger partial charge >= 0.3 is 5.97 Å². The molecule has 22 heavy (non-hydrogen) atoms. The zero-order valence-electron chi connectivity index (χ0n) is 13.4. The zero-order valence-corrected chi connectivity index (χ0v) is 13.4. The minimum Gasteiger partial charge on any atom is -0.481 e. The van der Waals surface area contributed by atoms with Crippen molar-refractivity contribution >= 4 is 11.7 Å². The van der Waals surface area contributed by atoms with Gasteiger partial charge in [-0.3, -0.25) is 4.79 Å². The third-order valence-electron chi connectivity index (χ3n) is 4.37. The van der Waals surface area contributed by atoms with Crippen LogP contribution in [0.3, 0.4) is 0 Å². The van der Waals surface area contributed by atoms with Crippen molar-refractivity contribution < 1.29 is 15.0 Å². The van der Waals surface area contributed by atoms with Crippen LogP contribution in [0.4, 0.5) is 5.69 Å². The zero-order chi connectivity index (χ0) is 16.1. The van der Waals surface area contributed by atoms with Crippen LogP contribution in [0.1, 0.15) is 30.9 Å². The molecule has 0 bridgehead atoms. The number of benzene rings is 1. The number of likely N-dealkylation sites (tertiary alicyclic amines) is 1. The van der Waals surface area contributed by atoms with Crippen molar-refractivity contribution in [3.8, 4) is 0 Å². The van der Waals surface area contributed by atoms with E-state index in [1.165, 1.54) is 0 Å². The first-order chi connectivity index (χ1) is 10.5. The normalized spacial score (nSPS) is 20.6. The number of hydrogen-bond donors (Lipinski definition) is 2. The molecule has 1 aliphatic heterocycles. The first-order valence-electron chi connectivity index (χ1n) is 7.88. The van der Waals surface area contributed by atoms with Gasteiger partial charge in [0.15, 0.2) is 0 Å². The summed E-state index contributed by atoms with van der Waals surface area (Å²) >= 11 is 0. The van der Waals surface area contributed by atoms with E-state index in [2.05, 4.69) is 4.90 Å². The summed E-state index contributed by atoms with van der Waals surface area (Å²) in [4.78, 5) is 15.2. The molecule has 2 rings (SSSR count). The summed E-state index contributed by atoms with van der Waals surface area (Å²) in [6.45, 7) is 2.26. The third kappa shape index (κ3) is 4.45. The van der Waals surface area contributed by atoms with Gasteiger partial charge in [0.05, 0.1) is 12.0 Å². The summed E-state index contributed by atoms with van der Waals surface area (Å²) in [5.74, 6) is -0.963. The van der Waals surface area contributed by atoms with Crippen molar-refractivity contribution in [1.82, 2.24) is 4.90 Å². The van der Waals surface area contributed by atoms with Gasteiger partial charge in [-0.05, 0) is 43.5 Å². The van der Waals surface area contributed by atoms with Crippen molar-refractivity contribution in [2.75, 3.05) is 38.6 Å². The van der Waals surface area contributed by atoms with E-state index < -0.39 is 12.1 Å². The molecular weight excluding hydrogens is 280 g/mol. The van der Waals surface area contributed by atoms with Crippen LogP contribution in [0, 0.1) is 5.92 Å². The molecule has 1 aromatic rings. The average Bonchev–Trinajstić information content (AvgIpc) is 2.53. The number of carboxylic acids is 1. The Morgan fingerprint density at radius 3 is 2.64 bits per heavy atom. The predicted molar refractivity (Wildman–Crippen MR) is 87.1 cm³/mol. The molecule has 2 atom stereocenters. The number of aliphatic hydroxyl groups excluding tert-OH is 1. The van der Waals surface area contributed by atoms with Gasteiger partial charge < -0.3 is 20.0 Å². The Kier molecular flexibility index (Phi) is 5.80. The van der Waals surface area contributed by atoms with E-state index in [9.17, 15) is 9.90 Å². The number of piperidine rings is 1. The molecule has 0 aliphatic carbocycles. The monoisotopic (exact) mass is 306 g/mol. The molecule has 2 unspecified atom stereocenters. The molecular formula is C17H26N2O3. The van der Waals surface area contributed by atoms with Crippen LogP contribution < -0.4 is 4.90 Å². The highest BCUT2D eigenvalue weighted by molar-refractivity contribution is 5.70. The molecule has 5 heteroatoms. The molecule has 1 fully saturated rings. The Labute approximate surface area is 132 Å². The summed E-state index contributed by atoms with van der Waals surface area (Å²) < 4.78 is 0. The summed E-state index contributed by atoms with van der Waals surface area (Å²) in [6.07, 6.45) is 1.82. The summed E-state index contributed by atoms with van der Waals surface area (Å²) in [6, 6.07) is 7.91. The molecule has 0 radical (unpaired) electrons. The smallest absolute Gasteiger partial charge is 0.307 e. The number of anilines is 1. The lowest BCUT2D eigenvalue weighted by molar-refractivity contribution is -0.143. The number of nitrogens with zero attached hydrogens (tertiary/aromatic N) is 2. The van der Waals surface area contributed by atoms with E-state index in [0.717, 1.165) is 37.2 Å². The van der Waals surface area contributed by atoms with Crippen molar-refractivity contribution in [2.45, 2.75) is 25.4 Å². The second-order valence-electron chi connectivity index (χ2n) is 6.27.